The summed E-state index contributed by atoms with van der Waals surface area (Å²) in [5, 5.41) is 5.78. The minimum absolute atomic E-state index is 0.248. The molecular weight excluding hydrogens is 340 g/mol. The summed E-state index contributed by atoms with van der Waals surface area (Å²) < 4.78 is 1.44. The number of aliphatic imine (C=N–C) groups is 1. The van der Waals surface area contributed by atoms with Gasteiger partial charge < -0.3 is 5.32 Å². The summed E-state index contributed by atoms with van der Waals surface area (Å²) in [6.07, 6.45) is 2.11. The van der Waals surface area contributed by atoms with Gasteiger partial charge in [0.15, 0.2) is 0 Å². The summed E-state index contributed by atoms with van der Waals surface area (Å²) in [4.78, 5) is 28.7. The molecule has 2 aromatic carbocycles. The van der Waals surface area contributed by atoms with E-state index in [4.69, 9.17) is 0 Å². The molecule has 138 valence electrons. The molecule has 0 aliphatic carbocycles. The highest BCUT2D eigenvalue weighted by Gasteiger charge is 2.11. The quantitative estimate of drug-likeness (QED) is 0.688. The lowest BCUT2D eigenvalue weighted by Crippen LogP contribution is -2.17. The van der Waals surface area contributed by atoms with Gasteiger partial charge in [-0.25, -0.2) is 14.5 Å². The third kappa shape index (κ3) is 4.06. The summed E-state index contributed by atoms with van der Waals surface area (Å²) in [7, 11) is 0. The van der Waals surface area contributed by atoms with Crippen LogP contribution in [0, 0.1) is 13.8 Å². The largest absolute Gasteiger partial charge is 0.345 e. The summed E-state index contributed by atoms with van der Waals surface area (Å²) >= 11 is 0. The fourth-order valence-corrected chi connectivity index (χ4v) is 2.81. The van der Waals surface area contributed by atoms with Crippen LogP contribution in [-0.4, -0.2) is 22.0 Å². The average molecular weight is 362 g/mol. The van der Waals surface area contributed by atoms with Crippen molar-refractivity contribution >= 4 is 17.9 Å². The topological polar surface area (TPSA) is 79.2 Å². The Bertz CT molecular complexity index is 1040. The van der Waals surface area contributed by atoms with Crippen LogP contribution in [0.1, 0.15) is 29.3 Å². The molecule has 0 aliphatic heterocycles. The van der Waals surface area contributed by atoms with Crippen LogP contribution in [-0.2, 0) is 6.42 Å². The molecule has 2 N–H and O–H groups in total. The van der Waals surface area contributed by atoms with Crippen LogP contribution < -0.4 is 10.9 Å². The Morgan fingerprint density at radius 2 is 1.85 bits per heavy atom. The highest BCUT2D eigenvalue weighted by Crippen LogP contribution is 2.15. The molecule has 0 aliphatic rings. The number of hydrogen-bond acceptors (Lipinski definition) is 2. The number of amides is 2. The van der Waals surface area contributed by atoms with Gasteiger partial charge in [0.25, 0.3) is 5.56 Å². The number of carbonyl (C=O) groups excluding carboxylic acids is 1. The smallest absolute Gasteiger partial charge is 0.306 e. The van der Waals surface area contributed by atoms with Crippen LogP contribution in [0.2, 0.25) is 0 Å². The van der Waals surface area contributed by atoms with Gasteiger partial charge in [-0.05, 0) is 44.0 Å². The lowest BCUT2D eigenvalue weighted by atomic mass is 10.1. The first-order valence-electron chi connectivity index (χ1n) is 8.81. The number of aromatic amines is 1. The second kappa shape index (κ2) is 7.86. The molecular formula is C21H22N4O2. The van der Waals surface area contributed by atoms with E-state index in [1.165, 1.54) is 10.9 Å². The molecule has 27 heavy (non-hydrogen) atoms. The lowest BCUT2D eigenvalue weighted by Gasteiger charge is -2.06. The van der Waals surface area contributed by atoms with Crippen LogP contribution in [0.5, 0.6) is 0 Å². The molecule has 0 atom stereocenters. The Hall–Kier alpha value is -3.41. The number of benzene rings is 2. The third-order valence-corrected chi connectivity index (χ3v) is 4.36. The Balaban J connectivity index is 1.82. The predicted molar refractivity (Wildman–Crippen MR) is 108 cm³/mol. The number of nitrogens with one attached hydrogen (secondary N) is 2. The van der Waals surface area contributed by atoms with E-state index in [-0.39, 0.29) is 5.56 Å². The molecule has 0 bridgehead atoms. The van der Waals surface area contributed by atoms with E-state index >= 15 is 0 Å². The average Bonchev–Trinajstić information content (AvgIpc) is 2.95. The van der Waals surface area contributed by atoms with Crippen molar-refractivity contribution in [1.82, 2.24) is 9.78 Å². The van der Waals surface area contributed by atoms with E-state index in [1.54, 1.807) is 6.92 Å². The van der Waals surface area contributed by atoms with Gasteiger partial charge in [-0.3, -0.25) is 9.89 Å². The zero-order chi connectivity index (χ0) is 19.4. The van der Waals surface area contributed by atoms with Crippen LogP contribution in [0.15, 0.2) is 58.3 Å². The van der Waals surface area contributed by atoms with Crippen molar-refractivity contribution in [2.75, 3.05) is 5.32 Å². The number of anilines is 1. The molecule has 3 rings (SSSR count). The second-order valence-corrected chi connectivity index (χ2v) is 6.33. The van der Waals surface area contributed by atoms with E-state index in [0.29, 0.717) is 11.3 Å². The highest BCUT2D eigenvalue weighted by atomic mass is 16.2. The van der Waals surface area contributed by atoms with Gasteiger partial charge in [-0.2, -0.15) is 0 Å². The second-order valence-electron chi connectivity index (χ2n) is 6.33. The van der Waals surface area contributed by atoms with Gasteiger partial charge in [0.05, 0.1) is 11.3 Å². The molecule has 0 saturated heterocycles. The zero-order valence-electron chi connectivity index (χ0n) is 15.6. The van der Waals surface area contributed by atoms with Gasteiger partial charge in [0.1, 0.15) is 0 Å². The first-order chi connectivity index (χ1) is 13.0. The number of nitrogens with zero attached hydrogens (tertiary/aromatic N) is 2. The number of rotatable bonds is 4. The van der Waals surface area contributed by atoms with E-state index < -0.39 is 6.03 Å². The van der Waals surface area contributed by atoms with Crippen molar-refractivity contribution in [3.05, 3.63) is 81.3 Å². The highest BCUT2D eigenvalue weighted by molar-refractivity contribution is 5.98. The Labute approximate surface area is 157 Å². The number of carbonyl (C=O) groups is 1. The van der Waals surface area contributed by atoms with Gasteiger partial charge in [0, 0.05) is 17.6 Å². The molecule has 1 aromatic heterocycles. The number of para-hydroxylation sites is 1. The Kier molecular flexibility index (Phi) is 5.35. The van der Waals surface area contributed by atoms with E-state index in [9.17, 15) is 9.59 Å². The van der Waals surface area contributed by atoms with Gasteiger partial charge in [0.2, 0.25) is 0 Å². The lowest BCUT2D eigenvalue weighted by molar-refractivity contribution is 0.259. The van der Waals surface area contributed by atoms with Crippen LogP contribution in [0.3, 0.4) is 0 Å². The maximum Gasteiger partial charge on any atom is 0.345 e. The molecule has 6 nitrogen and oxygen atoms in total. The predicted octanol–water partition coefficient (Wildman–Crippen LogP) is 4.00. The number of hydrogen-bond donors (Lipinski definition) is 2. The normalized spacial score (nSPS) is 11.1. The van der Waals surface area contributed by atoms with Gasteiger partial charge >= 0.3 is 6.03 Å². The first-order valence-corrected chi connectivity index (χ1v) is 8.81. The summed E-state index contributed by atoms with van der Waals surface area (Å²) in [5.74, 6) is 0. The van der Waals surface area contributed by atoms with E-state index in [2.05, 4.69) is 15.4 Å². The maximum atomic E-state index is 12.7. The number of urea groups is 1. The van der Waals surface area contributed by atoms with Crippen molar-refractivity contribution in [2.45, 2.75) is 27.2 Å². The van der Waals surface area contributed by atoms with Gasteiger partial charge in [-0.15, -0.1) is 0 Å². The number of aromatic nitrogens is 2. The third-order valence-electron chi connectivity index (χ3n) is 4.36. The molecule has 2 amide bonds. The van der Waals surface area contributed by atoms with Crippen LogP contribution in [0.25, 0.3) is 5.69 Å². The molecule has 6 heteroatoms. The van der Waals surface area contributed by atoms with Crippen molar-refractivity contribution in [1.29, 1.82) is 0 Å². The SMILES string of the molecule is CCc1ccccc1NC(=O)N=Cc1c(C)[nH]n(-c2ccc(C)cc2)c1=O. The van der Waals surface area contributed by atoms with Crippen molar-refractivity contribution in [3.63, 3.8) is 0 Å². The molecule has 0 fully saturated rings. The van der Waals surface area contributed by atoms with Gasteiger partial charge in [-0.1, -0.05) is 42.8 Å². The summed E-state index contributed by atoms with van der Waals surface area (Å²) in [5.41, 5.74) is 4.35. The molecule has 0 unspecified atom stereocenters. The Morgan fingerprint density at radius 1 is 1.15 bits per heavy atom. The minimum Gasteiger partial charge on any atom is -0.306 e. The molecule has 3 aromatic rings. The monoisotopic (exact) mass is 362 g/mol. The number of H-pyrrole nitrogens is 1. The number of aryl methyl sites for hydroxylation is 3. The van der Waals surface area contributed by atoms with Crippen molar-refractivity contribution < 1.29 is 4.79 Å². The van der Waals surface area contributed by atoms with E-state index in [0.717, 1.165) is 28.9 Å². The van der Waals surface area contributed by atoms with Crippen LogP contribution in [0.4, 0.5) is 10.5 Å². The van der Waals surface area contributed by atoms with E-state index in [1.807, 2.05) is 62.4 Å². The fraction of sp³-hybridized carbons (Fsp3) is 0.190. The molecule has 0 spiro atoms. The van der Waals surface area contributed by atoms with Crippen molar-refractivity contribution in [3.8, 4) is 5.69 Å². The summed E-state index contributed by atoms with van der Waals surface area (Å²) in [6, 6.07) is 14.6. The van der Waals surface area contributed by atoms with Crippen LogP contribution >= 0.6 is 0 Å². The minimum atomic E-state index is -0.516. The summed E-state index contributed by atoms with van der Waals surface area (Å²) in [6.45, 7) is 5.78. The first kappa shape index (κ1) is 18.4. The van der Waals surface area contributed by atoms with Crippen molar-refractivity contribution in [2.24, 2.45) is 4.99 Å². The Morgan fingerprint density at radius 3 is 2.56 bits per heavy atom. The molecule has 0 radical (unpaired) electrons. The molecule has 0 saturated carbocycles. The fourth-order valence-electron chi connectivity index (χ4n) is 2.81. The maximum absolute atomic E-state index is 12.7. The zero-order valence-corrected chi connectivity index (χ0v) is 15.6. The molecule has 1 heterocycles. The standard InChI is InChI=1S/C21H22N4O2/c1-4-16-7-5-6-8-19(16)23-21(27)22-13-18-15(3)24-25(20(18)26)17-11-9-14(2)10-12-17/h5-13,24H,4H2,1-3H3,(H,23,27).